The van der Waals surface area contributed by atoms with Gasteiger partial charge in [-0.3, -0.25) is 0 Å². The van der Waals surface area contributed by atoms with E-state index < -0.39 is 0 Å². The van der Waals surface area contributed by atoms with Crippen molar-refractivity contribution < 1.29 is 14.2 Å². The molecule has 0 aliphatic carbocycles. The normalized spacial score (nSPS) is 17.6. The van der Waals surface area contributed by atoms with E-state index in [1.54, 1.807) is 0 Å². The highest BCUT2D eigenvalue weighted by Crippen LogP contribution is 2.18. The lowest BCUT2D eigenvalue weighted by molar-refractivity contribution is 0.0174. The molecule has 0 radical (unpaired) electrons. The van der Waals surface area contributed by atoms with Gasteiger partial charge in [0.15, 0.2) is 0 Å². The fourth-order valence-corrected chi connectivity index (χ4v) is 2.40. The second-order valence-electron chi connectivity index (χ2n) is 5.62. The smallest absolute Gasteiger partial charge is 0.119 e. The van der Waals surface area contributed by atoms with Gasteiger partial charge < -0.3 is 19.9 Å². The number of hydrogen-bond donors (Lipinski definition) is 1. The van der Waals surface area contributed by atoms with Crippen LogP contribution in [-0.2, 0) is 9.47 Å². The highest BCUT2D eigenvalue weighted by molar-refractivity contribution is 5.29. The average molecular weight is 293 g/mol. The highest BCUT2D eigenvalue weighted by atomic mass is 16.5. The van der Waals surface area contributed by atoms with Gasteiger partial charge in [0.05, 0.1) is 19.3 Å². The first-order chi connectivity index (χ1) is 10.3. The van der Waals surface area contributed by atoms with E-state index in [-0.39, 0.29) is 6.04 Å². The van der Waals surface area contributed by atoms with Crippen molar-refractivity contribution in [3.63, 3.8) is 0 Å². The summed E-state index contributed by atoms with van der Waals surface area (Å²) in [5.41, 5.74) is 7.26. The molecule has 0 bridgehead atoms. The summed E-state index contributed by atoms with van der Waals surface area (Å²) in [4.78, 5) is 0. The molecule has 0 aromatic heterocycles. The maximum Gasteiger partial charge on any atom is 0.119 e. The molecule has 1 heterocycles. The number of ether oxygens (including phenoxy) is 3. The highest BCUT2D eigenvalue weighted by Gasteiger charge is 2.14. The Kier molecular flexibility index (Phi) is 7.00. The van der Waals surface area contributed by atoms with Gasteiger partial charge in [-0.05, 0) is 42.9 Å². The van der Waals surface area contributed by atoms with Crippen LogP contribution in [0.15, 0.2) is 24.3 Å². The van der Waals surface area contributed by atoms with Crippen LogP contribution in [0.2, 0.25) is 0 Å². The summed E-state index contributed by atoms with van der Waals surface area (Å²) in [5, 5.41) is 0. The molecule has 1 atom stereocenters. The lowest BCUT2D eigenvalue weighted by Crippen LogP contribution is -2.23. The van der Waals surface area contributed by atoms with Crippen molar-refractivity contribution in [3.05, 3.63) is 29.8 Å². The number of benzene rings is 1. The Morgan fingerprint density at radius 3 is 2.62 bits per heavy atom. The van der Waals surface area contributed by atoms with Gasteiger partial charge in [-0.15, -0.1) is 0 Å². The zero-order valence-electron chi connectivity index (χ0n) is 12.9. The number of rotatable bonds is 8. The van der Waals surface area contributed by atoms with Crippen LogP contribution in [0.25, 0.3) is 0 Å². The SMILES string of the molecule is CCCOc1ccc(C(N)COCC2CCOCC2)cc1. The van der Waals surface area contributed by atoms with E-state index in [2.05, 4.69) is 6.92 Å². The van der Waals surface area contributed by atoms with Gasteiger partial charge >= 0.3 is 0 Å². The van der Waals surface area contributed by atoms with Crippen LogP contribution in [0, 0.1) is 5.92 Å². The summed E-state index contributed by atoms with van der Waals surface area (Å²) in [7, 11) is 0. The monoisotopic (exact) mass is 293 g/mol. The molecule has 1 aliphatic heterocycles. The molecule has 0 amide bonds. The first-order valence-corrected chi connectivity index (χ1v) is 7.93. The van der Waals surface area contributed by atoms with Crippen LogP contribution in [-0.4, -0.2) is 33.0 Å². The Hall–Kier alpha value is -1.10. The molecule has 0 saturated carbocycles. The van der Waals surface area contributed by atoms with Crippen LogP contribution in [0.1, 0.15) is 37.8 Å². The summed E-state index contributed by atoms with van der Waals surface area (Å²) in [6, 6.07) is 7.92. The predicted octanol–water partition coefficient (Wildman–Crippen LogP) is 2.92. The van der Waals surface area contributed by atoms with Crippen LogP contribution < -0.4 is 10.5 Å². The Morgan fingerprint density at radius 2 is 1.95 bits per heavy atom. The fraction of sp³-hybridized carbons (Fsp3) is 0.647. The average Bonchev–Trinajstić information content (AvgIpc) is 2.54. The molecule has 118 valence electrons. The van der Waals surface area contributed by atoms with E-state index in [0.717, 1.165) is 57.0 Å². The van der Waals surface area contributed by atoms with Gasteiger partial charge in [-0.25, -0.2) is 0 Å². The molecule has 2 rings (SSSR count). The van der Waals surface area contributed by atoms with E-state index in [0.29, 0.717) is 12.5 Å². The van der Waals surface area contributed by atoms with Gasteiger partial charge in [-0.2, -0.15) is 0 Å². The second kappa shape index (κ2) is 9.03. The molecule has 1 aromatic carbocycles. The van der Waals surface area contributed by atoms with Gasteiger partial charge in [0.25, 0.3) is 0 Å². The maximum atomic E-state index is 6.17. The number of hydrogen-bond acceptors (Lipinski definition) is 4. The first-order valence-electron chi connectivity index (χ1n) is 7.93. The zero-order chi connectivity index (χ0) is 14.9. The minimum Gasteiger partial charge on any atom is -0.494 e. The lowest BCUT2D eigenvalue weighted by atomic mass is 10.0. The van der Waals surface area contributed by atoms with Gasteiger partial charge in [0, 0.05) is 19.8 Å². The van der Waals surface area contributed by atoms with Crippen molar-refractivity contribution in [2.45, 2.75) is 32.2 Å². The molecule has 2 N–H and O–H groups in total. The molecule has 4 heteroatoms. The maximum absolute atomic E-state index is 6.17. The van der Waals surface area contributed by atoms with Crippen molar-refractivity contribution >= 4 is 0 Å². The predicted molar refractivity (Wildman–Crippen MR) is 83.5 cm³/mol. The van der Waals surface area contributed by atoms with Gasteiger partial charge in [-0.1, -0.05) is 19.1 Å². The molecule has 4 nitrogen and oxygen atoms in total. The van der Waals surface area contributed by atoms with Crippen LogP contribution in [0.4, 0.5) is 0 Å². The fourth-order valence-electron chi connectivity index (χ4n) is 2.40. The zero-order valence-corrected chi connectivity index (χ0v) is 12.9. The van der Waals surface area contributed by atoms with E-state index >= 15 is 0 Å². The largest absolute Gasteiger partial charge is 0.494 e. The summed E-state index contributed by atoms with van der Waals surface area (Å²) in [5.74, 6) is 1.52. The minimum atomic E-state index is -0.0786. The third kappa shape index (κ3) is 5.65. The van der Waals surface area contributed by atoms with Crippen LogP contribution >= 0.6 is 0 Å². The summed E-state index contributed by atoms with van der Waals surface area (Å²) in [6.07, 6.45) is 3.21. The Bertz CT molecular complexity index is 388. The second-order valence-corrected chi connectivity index (χ2v) is 5.62. The van der Waals surface area contributed by atoms with Crippen molar-refractivity contribution in [2.75, 3.05) is 33.0 Å². The van der Waals surface area contributed by atoms with Gasteiger partial charge in [0.1, 0.15) is 5.75 Å². The number of nitrogens with two attached hydrogens (primary N) is 1. The van der Waals surface area contributed by atoms with E-state index in [4.69, 9.17) is 19.9 Å². The standard InChI is InChI=1S/C17H27NO3/c1-2-9-21-16-5-3-15(4-6-16)17(18)13-20-12-14-7-10-19-11-8-14/h3-6,14,17H,2,7-13,18H2,1H3. The molecular weight excluding hydrogens is 266 g/mol. The van der Waals surface area contributed by atoms with Crippen molar-refractivity contribution in [2.24, 2.45) is 11.7 Å². The Morgan fingerprint density at radius 1 is 1.24 bits per heavy atom. The van der Waals surface area contributed by atoms with Crippen LogP contribution in [0.5, 0.6) is 5.75 Å². The topological polar surface area (TPSA) is 53.7 Å². The van der Waals surface area contributed by atoms with E-state index in [1.165, 1.54) is 0 Å². The molecule has 1 aromatic rings. The molecule has 1 aliphatic rings. The summed E-state index contributed by atoms with van der Waals surface area (Å²) < 4.78 is 16.7. The third-order valence-electron chi connectivity index (χ3n) is 3.77. The van der Waals surface area contributed by atoms with Crippen molar-refractivity contribution in [3.8, 4) is 5.75 Å². The molecule has 1 unspecified atom stereocenters. The Labute approximate surface area is 127 Å². The third-order valence-corrected chi connectivity index (χ3v) is 3.77. The molecule has 0 spiro atoms. The molecular formula is C17H27NO3. The Balaban J connectivity index is 1.70. The lowest BCUT2D eigenvalue weighted by Gasteiger charge is -2.22. The molecule has 1 fully saturated rings. The quantitative estimate of drug-likeness (QED) is 0.800. The minimum absolute atomic E-state index is 0.0786. The molecule has 1 saturated heterocycles. The molecule has 21 heavy (non-hydrogen) atoms. The van der Waals surface area contributed by atoms with Crippen molar-refractivity contribution in [1.82, 2.24) is 0 Å². The summed E-state index contributed by atoms with van der Waals surface area (Å²) in [6.45, 7) is 5.92. The first kappa shape index (κ1) is 16.3. The van der Waals surface area contributed by atoms with E-state index in [9.17, 15) is 0 Å². The summed E-state index contributed by atoms with van der Waals surface area (Å²) >= 11 is 0. The van der Waals surface area contributed by atoms with Gasteiger partial charge in [0.2, 0.25) is 0 Å². The van der Waals surface area contributed by atoms with Crippen LogP contribution in [0.3, 0.4) is 0 Å². The van der Waals surface area contributed by atoms with E-state index in [1.807, 2.05) is 24.3 Å². The van der Waals surface area contributed by atoms with Crippen molar-refractivity contribution in [1.29, 1.82) is 0 Å².